The Morgan fingerprint density at radius 3 is 1.98 bits per heavy atom. The third-order valence-electron chi connectivity index (χ3n) is 7.73. The zero-order valence-corrected chi connectivity index (χ0v) is 22.2. The number of rotatable bonds is 4. The molecule has 41 heavy (non-hydrogen) atoms. The first-order valence-electron chi connectivity index (χ1n) is 13.8. The van der Waals surface area contributed by atoms with Gasteiger partial charge in [0.2, 0.25) is 0 Å². The van der Waals surface area contributed by atoms with E-state index in [0.29, 0.717) is 5.84 Å². The number of nitrogens with zero attached hydrogens (tertiary/aromatic N) is 2. The smallest absolute Gasteiger partial charge is 0.159 e. The van der Waals surface area contributed by atoms with Crippen molar-refractivity contribution < 1.29 is 4.42 Å². The van der Waals surface area contributed by atoms with Crippen molar-refractivity contribution in [1.82, 2.24) is 5.32 Å². The summed E-state index contributed by atoms with van der Waals surface area (Å²) in [5.74, 6) is 1.47. The molecule has 1 unspecified atom stereocenters. The summed E-state index contributed by atoms with van der Waals surface area (Å²) in [6, 6.07) is 48.0. The number of hydrogen-bond acceptors (Lipinski definition) is 4. The average Bonchev–Trinajstić information content (AvgIpc) is 3.44. The monoisotopic (exact) mass is 527 g/mol. The lowest BCUT2D eigenvalue weighted by Crippen LogP contribution is -2.33. The molecule has 194 valence electrons. The molecule has 6 aromatic carbocycles. The van der Waals surface area contributed by atoms with Gasteiger partial charge in [0.15, 0.2) is 5.84 Å². The molecule has 0 saturated carbocycles. The lowest BCUT2D eigenvalue weighted by atomic mass is 9.95. The SMILES string of the molecule is c1ccc(C2=NC(c3ccccc3)NC(c3cccc4oc5cccc(-c6ccc7ccccc7c6)c5c34)=N2)cc1. The summed E-state index contributed by atoms with van der Waals surface area (Å²) < 4.78 is 6.44. The van der Waals surface area contributed by atoms with E-state index < -0.39 is 0 Å². The minimum atomic E-state index is -0.271. The topological polar surface area (TPSA) is 49.9 Å². The van der Waals surface area contributed by atoms with Crippen LogP contribution < -0.4 is 5.32 Å². The maximum absolute atomic E-state index is 6.44. The third kappa shape index (κ3) is 4.09. The zero-order chi connectivity index (χ0) is 27.2. The standard InChI is InChI=1S/C37H25N3O/c1-3-12-25(13-4-1)35-38-36(26-14-5-2-6-15-26)40-37(39-35)30-18-10-20-32-34(30)33-29(17-9-19-31(33)41-32)28-22-21-24-11-7-8-16-27(24)23-28/h1-23,35H,(H,38,39,40). The Labute approximate surface area is 237 Å². The van der Waals surface area contributed by atoms with E-state index in [1.807, 2.05) is 54.6 Å². The molecule has 0 fully saturated rings. The molecule has 0 radical (unpaired) electrons. The zero-order valence-electron chi connectivity index (χ0n) is 22.2. The summed E-state index contributed by atoms with van der Waals surface area (Å²) in [5, 5.41) is 8.19. The van der Waals surface area contributed by atoms with Crippen LogP contribution in [0.4, 0.5) is 0 Å². The molecule has 0 amide bonds. The van der Waals surface area contributed by atoms with Crippen LogP contribution in [0.1, 0.15) is 22.9 Å². The number of hydrogen-bond donors (Lipinski definition) is 1. The highest BCUT2D eigenvalue weighted by Crippen LogP contribution is 2.39. The van der Waals surface area contributed by atoms with Crippen LogP contribution in [-0.2, 0) is 0 Å². The van der Waals surface area contributed by atoms with Crippen molar-refractivity contribution in [2.45, 2.75) is 6.17 Å². The summed E-state index contributed by atoms with van der Waals surface area (Å²) in [6.07, 6.45) is -0.271. The molecule has 8 rings (SSSR count). The highest BCUT2D eigenvalue weighted by Gasteiger charge is 2.24. The summed E-state index contributed by atoms with van der Waals surface area (Å²) in [5.41, 5.74) is 7.01. The van der Waals surface area contributed by atoms with Crippen molar-refractivity contribution in [1.29, 1.82) is 0 Å². The van der Waals surface area contributed by atoms with Crippen LogP contribution >= 0.6 is 0 Å². The Morgan fingerprint density at radius 1 is 0.537 bits per heavy atom. The summed E-state index contributed by atoms with van der Waals surface area (Å²) in [6.45, 7) is 0. The lowest BCUT2D eigenvalue weighted by Gasteiger charge is -2.24. The number of aliphatic imine (C=N–C) groups is 2. The molecule has 0 aliphatic carbocycles. The molecule has 7 aromatic rings. The van der Waals surface area contributed by atoms with Crippen LogP contribution in [0.5, 0.6) is 0 Å². The second kappa shape index (κ2) is 9.61. The van der Waals surface area contributed by atoms with Crippen LogP contribution in [0.25, 0.3) is 43.8 Å². The quantitative estimate of drug-likeness (QED) is 0.248. The molecule has 4 heteroatoms. The second-order valence-corrected chi connectivity index (χ2v) is 10.3. The first-order chi connectivity index (χ1) is 20.3. The van der Waals surface area contributed by atoms with Gasteiger partial charge in [-0.25, -0.2) is 9.98 Å². The number of fused-ring (bicyclic) bond motifs is 4. The van der Waals surface area contributed by atoms with Crippen molar-refractivity contribution in [3.63, 3.8) is 0 Å². The van der Waals surface area contributed by atoms with Crippen LogP contribution in [0.15, 0.2) is 154 Å². The number of benzene rings is 6. The number of nitrogens with one attached hydrogen (secondary N) is 1. The molecule has 2 heterocycles. The van der Waals surface area contributed by atoms with E-state index in [2.05, 4.69) is 90.2 Å². The van der Waals surface area contributed by atoms with E-state index in [9.17, 15) is 0 Å². The van der Waals surface area contributed by atoms with Gasteiger partial charge in [-0.2, -0.15) is 0 Å². The minimum absolute atomic E-state index is 0.271. The van der Waals surface area contributed by atoms with E-state index in [1.54, 1.807) is 0 Å². The van der Waals surface area contributed by atoms with Gasteiger partial charge >= 0.3 is 0 Å². The number of amidine groups is 2. The highest BCUT2D eigenvalue weighted by molar-refractivity contribution is 6.24. The molecular formula is C37H25N3O. The Kier molecular flexibility index (Phi) is 5.49. The fourth-order valence-corrected chi connectivity index (χ4v) is 5.77. The Balaban J connectivity index is 1.35. The van der Waals surface area contributed by atoms with Gasteiger partial charge in [0, 0.05) is 21.9 Å². The average molecular weight is 528 g/mol. The molecular weight excluding hydrogens is 502 g/mol. The van der Waals surface area contributed by atoms with Crippen molar-refractivity contribution in [3.05, 3.63) is 156 Å². The molecule has 0 saturated heterocycles. The van der Waals surface area contributed by atoms with Gasteiger partial charge in [-0.3, -0.25) is 0 Å². The van der Waals surface area contributed by atoms with E-state index >= 15 is 0 Å². The van der Waals surface area contributed by atoms with Gasteiger partial charge in [-0.1, -0.05) is 121 Å². The highest BCUT2D eigenvalue weighted by atomic mass is 16.3. The van der Waals surface area contributed by atoms with Crippen molar-refractivity contribution in [2.75, 3.05) is 0 Å². The van der Waals surface area contributed by atoms with E-state index in [-0.39, 0.29) is 6.17 Å². The predicted molar refractivity (Wildman–Crippen MR) is 168 cm³/mol. The van der Waals surface area contributed by atoms with Crippen LogP contribution in [0.2, 0.25) is 0 Å². The molecule has 1 N–H and O–H groups in total. The first kappa shape index (κ1) is 23.4. The fraction of sp³-hybridized carbons (Fsp3) is 0.0270. The molecule has 4 nitrogen and oxygen atoms in total. The van der Waals surface area contributed by atoms with Crippen molar-refractivity contribution in [3.8, 4) is 11.1 Å². The van der Waals surface area contributed by atoms with Crippen LogP contribution in [0, 0.1) is 0 Å². The van der Waals surface area contributed by atoms with Gasteiger partial charge < -0.3 is 9.73 Å². The molecule has 0 spiro atoms. The largest absolute Gasteiger partial charge is 0.456 e. The lowest BCUT2D eigenvalue weighted by molar-refractivity contribution is 0.668. The van der Waals surface area contributed by atoms with E-state index in [0.717, 1.165) is 55.6 Å². The summed E-state index contributed by atoms with van der Waals surface area (Å²) in [4.78, 5) is 10.1. The molecule has 1 aliphatic heterocycles. The van der Waals surface area contributed by atoms with Crippen LogP contribution in [-0.4, -0.2) is 11.7 Å². The minimum Gasteiger partial charge on any atom is -0.456 e. The van der Waals surface area contributed by atoms with Crippen LogP contribution in [0.3, 0.4) is 0 Å². The van der Waals surface area contributed by atoms with Gasteiger partial charge in [-0.05, 0) is 45.7 Å². The van der Waals surface area contributed by atoms with Crippen molar-refractivity contribution in [2.24, 2.45) is 9.98 Å². The second-order valence-electron chi connectivity index (χ2n) is 10.3. The Morgan fingerprint density at radius 2 is 1.20 bits per heavy atom. The Hall–Kier alpha value is -5.48. The third-order valence-corrected chi connectivity index (χ3v) is 7.73. The molecule has 1 atom stereocenters. The van der Waals surface area contributed by atoms with Gasteiger partial charge in [0.05, 0.1) is 0 Å². The molecule has 1 aromatic heterocycles. The maximum atomic E-state index is 6.44. The normalized spacial score (nSPS) is 15.1. The molecule has 0 bridgehead atoms. The van der Waals surface area contributed by atoms with Gasteiger partial charge in [0.1, 0.15) is 23.2 Å². The summed E-state index contributed by atoms with van der Waals surface area (Å²) in [7, 11) is 0. The number of furan rings is 1. The van der Waals surface area contributed by atoms with Gasteiger partial charge in [0.25, 0.3) is 0 Å². The fourth-order valence-electron chi connectivity index (χ4n) is 5.77. The van der Waals surface area contributed by atoms with E-state index in [4.69, 9.17) is 14.4 Å². The summed E-state index contributed by atoms with van der Waals surface area (Å²) >= 11 is 0. The Bertz CT molecular complexity index is 2120. The predicted octanol–water partition coefficient (Wildman–Crippen LogP) is 8.90. The van der Waals surface area contributed by atoms with Crippen molar-refractivity contribution >= 4 is 44.4 Å². The molecule has 1 aliphatic rings. The maximum Gasteiger partial charge on any atom is 0.159 e. The first-order valence-corrected chi connectivity index (χ1v) is 13.8. The van der Waals surface area contributed by atoms with Gasteiger partial charge in [-0.15, -0.1) is 0 Å². The van der Waals surface area contributed by atoms with E-state index in [1.165, 1.54) is 10.8 Å².